The SMILES string of the molecule is C=CC(=O)Oc1cc(C#Cc2ccc(-c3ccc(OC(=O)C(=C)C)cc3)cc2)c(OCCC)c(OC(=O)C=C)c1-c1ccc(OC(=O)C(=C)C)cc1. The Morgan fingerprint density at radius 1 is 0.635 bits per heavy atom. The molecule has 9 nitrogen and oxygen atoms in total. The van der Waals surface area contributed by atoms with Gasteiger partial charge in [0.15, 0.2) is 11.5 Å². The number of esters is 4. The van der Waals surface area contributed by atoms with Gasteiger partial charge in [0, 0.05) is 34.9 Å². The average Bonchev–Trinajstić information content (AvgIpc) is 3.14. The molecule has 0 bridgehead atoms. The molecule has 262 valence electrons. The molecule has 4 aromatic rings. The molecular weight excluding hydrogens is 660 g/mol. The van der Waals surface area contributed by atoms with Crippen LogP contribution in [0.15, 0.2) is 128 Å². The van der Waals surface area contributed by atoms with Gasteiger partial charge in [-0.2, -0.15) is 0 Å². The van der Waals surface area contributed by atoms with E-state index in [0.717, 1.165) is 23.3 Å². The van der Waals surface area contributed by atoms with Crippen LogP contribution in [0.25, 0.3) is 22.3 Å². The largest absolute Gasteiger partial charge is 0.488 e. The van der Waals surface area contributed by atoms with Crippen LogP contribution < -0.4 is 23.7 Å². The molecule has 0 heterocycles. The van der Waals surface area contributed by atoms with Gasteiger partial charge in [0.25, 0.3) is 0 Å². The summed E-state index contributed by atoms with van der Waals surface area (Å²) in [6, 6.07) is 22.3. The Morgan fingerprint density at radius 3 is 1.60 bits per heavy atom. The van der Waals surface area contributed by atoms with Gasteiger partial charge in [0.1, 0.15) is 17.2 Å². The zero-order valence-electron chi connectivity index (χ0n) is 29.1. The molecule has 0 N–H and O–H groups in total. The summed E-state index contributed by atoms with van der Waals surface area (Å²) < 4.78 is 28.2. The van der Waals surface area contributed by atoms with Gasteiger partial charge in [-0.1, -0.05) is 81.5 Å². The van der Waals surface area contributed by atoms with Crippen molar-refractivity contribution < 1.29 is 42.9 Å². The molecule has 4 rings (SSSR count). The van der Waals surface area contributed by atoms with Crippen LogP contribution in [0.4, 0.5) is 0 Å². The topological polar surface area (TPSA) is 114 Å². The van der Waals surface area contributed by atoms with E-state index < -0.39 is 23.9 Å². The number of hydrogen-bond acceptors (Lipinski definition) is 9. The molecule has 9 heteroatoms. The van der Waals surface area contributed by atoms with E-state index in [1.54, 1.807) is 31.2 Å². The molecule has 0 spiro atoms. The third-order valence-corrected chi connectivity index (χ3v) is 7.07. The standard InChI is InChI=1S/C43H36O9/c1-8-25-48-40-33(16-13-29-11-14-30(15-12-29)31-17-21-34(22-18-31)49-42(46)27(4)5)26-36(51-37(44)9-2)39(41(40)52-38(45)10-3)32-19-23-35(24-20-32)50-43(47)28(6)7/h9-12,14-15,17-24,26H,2-4,6,8,25H2,1,5,7H3. The zero-order chi connectivity index (χ0) is 37.8. The van der Waals surface area contributed by atoms with Crippen molar-refractivity contribution in [1.29, 1.82) is 0 Å². The Hall–Kier alpha value is -6.92. The quantitative estimate of drug-likeness (QED) is 0.0589. The van der Waals surface area contributed by atoms with Gasteiger partial charge in [-0.25, -0.2) is 19.2 Å². The maximum atomic E-state index is 12.7. The second-order valence-electron chi connectivity index (χ2n) is 11.3. The summed E-state index contributed by atoms with van der Waals surface area (Å²) in [4.78, 5) is 49.2. The molecule has 52 heavy (non-hydrogen) atoms. The Kier molecular flexibility index (Phi) is 12.9. The molecule has 0 radical (unpaired) electrons. The van der Waals surface area contributed by atoms with Gasteiger partial charge in [0.05, 0.1) is 17.7 Å². The number of rotatable bonds is 13. The van der Waals surface area contributed by atoms with Crippen LogP contribution in [0.3, 0.4) is 0 Å². The Morgan fingerprint density at radius 2 is 1.12 bits per heavy atom. The number of hydrogen-bond donors (Lipinski definition) is 0. The Balaban J connectivity index is 1.80. The van der Waals surface area contributed by atoms with Crippen LogP contribution in [0.1, 0.15) is 38.3 Å². The lowest BCUT2D eigenvalue weighted by Crippen LogP contribution is -2.11. The van der Waals surface area contributed by atoms with E-state index in [4.69, 9.17) is 23.7 Å². The van der Waals surface area contributed by atoms with Gasteiger partial charge in [-0.05, 0) is 73.4 Å². The molecule has 4 aromatic carbocycles. The van der Waals surface area contributed by atoms with Crippen molar-refractivity contribution in [3.63, 3.8) is 0 Å². The van der Waals surface area contributed by atoms with Crippen LogP contribution in [-0.4, -0.2) is 30.5 Å². The van der Waals surface area contributed by atoms with Crippen molar-refractivity contribution in [3.05, 3.63) is 140 Å². The predicted molar refractivity (Wildman–Crippen MR) is 198 cm³/mol. The van der Waals surface area contributed by atoms with Crippen LogP contribution in [-0.2, 0) is 19.2 Å². The maximum Gasteiger partial charge on any atom is 0.338 e. The monoisotopic (exact) mass is 696 g/mol. The summed E-state index contributed by atoms with van der Waals surface area (Å²) in [7, 11) is 0. The smallest absolute Gasteiger partial charge is 0.338 e. The van der Waals surface area contributed by atoms with E-state index in [0.29, 0.717) is 28.9 Å². The molecule has 0 aliphatic heterocycles. The van der Waals surface area contributed by atoms with Crippen LogP contribution in [0, 0.1) is 11.8 Å². The molecule has 0 aliphatic rings. The third-order valence-electron chi connectivity index (χ3n) is 7.07. The van der Waals surface area contributed by atoms with Crippen molar-refractivity contribution in [3.8, 4) is 62.8 Å². The Labute approximate surface area is 302 Å². The molecule has 0 atom stereocenters. The summed E-state index contributed by atoms with van der Waals surface area (Å²) in [6.45, 7) is 19.5. The number of ether oxygens (including phenoxy) is 5. The minimum Gasteiger partial charge on any atom is -0.488 e. The zero-order valence-corrected chi connectivity index (χ0v) is 29.1. The Bertz CT molecular complexity index is 2110. The van der Waals surface area contributed by atoms with E-state index >= 15 is 0 Å². The molecule has 0 aromatic heterocycles. The highest BCUT2D eigenvalue weighted by atomic mass is 16.6. The lowest BCUT2D eigenvalue weighted by molar-refractivity contribution is -0.130. The van der Waals surface area contributed by atoms with E-state index in [9.17, 15) is 19.2 Å². The number of carbonyl (C=O) groups is 4. The fourth-order valence-corrected chi connectivity index (χ4v) is 4.48. The molecule has 0 fully saturated rings. The first kappa shape index (κ1) is 37.9. The normalized spacial score (nSPS) is 10.1. The lowest BCUT2D eigenvalue weighted by atomic mass is 9.99. The molecule has 0 unspecified atom stereocenters. The summed E-state index contributed by atoms with van der Waals surface area (Å²) in [5.74, 6) is 4.26. The minimum absolute atomic E-state index is 0.00400. The summed E-state index contributed by atoms with van der Waals surface area (Å²) in [5.41, 5.74) is 3.88. The van der Waals surface area contributed by atoms with Crippen molar-refractivity contribution >= 4 is 23.9 Å². The second kappa shape index (κ2) is 17.7. The predicted octanol–water partition coefficient (Wildman–Crippen LogP) is 8.36. The van der Waals surface area contributed by atoms with Crippen molar-refractivity contribution in [2.24, 2.45) is 0 Å². The molecule has 0 amide bonds. The van der Waals surface area contributed by atoms with Crippen LogP contribution >= 0.6 is 0 Å². The molecule has 0 saturated heterocycles. The highest BCUT2D eigenvalue weighted by Crippen LogP contribution is 2.48. The van der Waals surface area contributed by atoms with Crippen LogP contribution in [0.2, 0.25) is 0 Å². The van der Waals surface area contributed by atoms with Gasteiger partial charge in [-0.15, -0.1) is 0 Å². The first-order chi connectivity index (χ1) is 24.9. The van der Waals surface area contributed by atoms with Gasteiger partial charge in [0.2, 0.25) is 0 Å². The number of carbonyl (C=O) groups excluding carboxylic acids is 4. The fourth-order valence-electron chi connectivity index (χ4n) is 4.48. The number of benzene rings is 4. The fraction of sp³-hybridized carbons (Fsp3) is 0.116. The molecular formula is C43H36O9. The second-order valence-corrected chi connectivity index (χ2v) is 11.3. The summed E-state index contributed by atoms with van der Waals surface area (Å²) >= 11 is 0. The lowest BCUT2D eigenvalue weighted by Gasteiger charge is -2.20. The average molecular weight is 697 g/mol. The van der Waals surface area contributed by atoms with E-state index in [1.807, 2.05) is 43.3 Å². The molecule has 0 saturated carbocycles. The van der Waals surface area contributed by atoms with Crippen molar-refractivity contribution in [2.45, 2.75) is 27.2 Å². The van der Waals surface area contributed by atoms with Crippen LogP contribution in [0.5, 0.6) is 28.7 Å². The van der Waals surface area contributed by atoms with Crippen molar-refractivity contribution in [1.82, 2.24) is 0 Å². The van der Waals surface area contributed by atoms with E-state index in [-0.39, 0.29) is 46.3 Å². The highest BCUT2D eigenvalue weighted by molar-refractivity contribution is 5.93. The van der Waals surface area contributed by atoms with E-state index in [2.05, 4.69) is 38.2 Å². The minimum atomic E-state index is -0.793. The maximum absolute atomic E-state index is 12.7. The van der Waals surface area contributed by atoms with Gasteiger partial charge < -0.3 is 23.7 Å². The van der Waals surface area contributed by atoms with Gasteiger partial charge in [-0.3, -0.25) is 0 Å². The van der Waals surface area contributed by atoms with E-state index in [1.165, 1.54) is 25.1 Å². The first-order valence-corrected chi connectivity index (χ1v) is 16.0. The molecule has 0 aliphatic carbocycles. The third kappa shape index (κ3) is 9.83. The van der Waals surface area contributed by atoms with Gasteiger partial charge >= 0.3 is 23.9 Å². The summed E-state index contributed by atoms with van der Waals surface area (Å²) in [5, 5.41) is 0. The highest BCUT2D eigenvalue weighted by Gasteiger charge is 2.26. The first-order valence-electron chi connectivity index (χ1n) is 16.0. The summed E-state index contributed by atoms with van der Waals surface area (Å²) in [6.07, 6.45) is 2.60. The van der Waals surface area contributed by atoms with Crippen molar-refractivity contribution in [2.75, 3.05) is 6.61 Å².